The minimum atomic E-state index is -0.311. The standard InChI is InChI=1S/C21H27N3O3/c1-2-26-19-8-4-5-9-20(19)27-16-22-21(25)23-17-10-12-18(13-11-17)24-14-6-3-7-15-24/h4-5,8-13H,2-3,6-7,14-16H2,1H3,(H2,22,23,25). The number of amides is 2. The van der Waals surface area contributed by atoms with Gasteiger partial charge in [0.2, 0.25) is 0 Å². The van der Waals surface area contributed by atoms with Crippen LogP contribution in [0.5, 0.6) is 11.5 Å². The van der Waals surface area contributed by atoms with Crippen molar-refractivity contribution in [3.63, 3.8) is 0 Å². The molecule has 2 N–H and O–H groups in total. The largest absolute Gasteiger partial charge is 0.490 e. The summed E-state index contributed by atoms with van der Waals surface area (Å²) in [6.07, 6.45) is 3.80. The van der Waals surface area contributed by atoms with Crippen LogP contribution in [0.4, 0.5) is 16.2 Å². The second-order valence-electron chi connectivity index (χ2n) is 6.39. The number of hydrogen-bond acceptors (Lipinski definition) is 4. The van der Waals surface area contributed by atoms with Crippen molar-refractivity contribution in [2.24, 2.45) is 0 Å². The molecule has 0 bridgehead atoms. The fraction of sp³-hybridized carbons (Fsp3) is 0.381. The first-order chi connectivity index (χ1) is 13.3. The molecule has 0 unspecified atom stereocenters. The van der Waals surface area contributed by atoms with E-state index in [4.69, 9.17) is 9.47 Å². The van der Waals surface area contributed by atoms with Gasteiger partial charge >= 0.3 is 6.03 Å². The highest BCUT2D eigenvalue weighted by atomic mass is 16.5. The SMILES string of the molecule is CCOc1ccccc1OCNC(=O)Nc1ccc(N2CCCCC2)cc1. The Bertz CT molecular complexity index is 728. The van der Waals surface area contributed by atoms with Gasteiger partial charge in [0.05, 0.1) is 6.61 Å². The number of nitrogens with zero attached hydrogens (tertiary/aromatic N) is 1. The lowest BCUT2D eigenvalue weighted by Gasteiger charge is -2.28. The van der Waals surface area contributed by atoms with Crippen LogP contribution in [0.3, 0.4) is 0 Å². The lowest BCUT2D eigenvalue weighted by atomic mass is 10.1. The van der Waals surface area contributed by atoms with Crippen molar-refractivity contribution in [3.8, 4) is 11.5 Å². The third-order valence-electron chi connectivity index (χ3n) is 4.46. The summed E-state index contributed by atoms with van der Waals surface area (Å²) < 4.78 is 11.1. The quantitative estimate of drug-likeness (QED) is 0.717. The van der Waals surface area contributed by atoms with Crippen molar-refractivity contribution in [1.82, 2.24) is 5.32 Å². The lowest BCUT2D eigenvalue weighted by molar-refractivity contribution is 0.229. The van der Waals surface area contributed by atoms with Crippen LogP contribution < -0.4 is 25.0 Å². The van der Waals surface area contributed by atoms with Gasteiger partial charge in [0.1, 0.15) is 0 Å². The smallest absolute Gasteiger partial charge is 0.321 e. The lowest BCUT2D eigenvalue weighted by Crippen LogP contribution is -2.32. The van der Waals surface area contributed by atoms with Gasteiger partial charge in [-0.05, 0) is 62.6 Å². The summed E-state index contributed by atoms with van der Waals surface area (Å²) in [5.74, 6) is 1.26. The number of ether oxygens (including phenoxy) is 2. The number of para-hydroxylation sites is 2. The molecule has 1 saturated heterocycles. The maximum absolute atomic E-state index is 12.1. The molecule has 0 spiro atoms. The van der Waals surface area contributed by atoms with Gasteiger partial charge in [0.15, 0.2) is 18.2 Å². The highest BCUT2D eigenvalue weighted by Gasteiger charge is 2.11. The summed E-state index contributed by atoms with van der Waals surface area (Å²) >= 11 is 0. The summed E-state index contributed by atoms with van der Waals surface area (Å²) in [7, 11) is 0. The average molecular weight is 369 g/mol. The first-order valence-corrected chi connectivity index (χ1v) is 9.51. The van der Waals surface area contributed by atoms with Crippen molar-refractivity contribution in [2.75, 3.05) is 36.6 Å². The number of carbonyl (C=O) groups is 1. The van der Waals surface area contributed by atoms with Gasteiger partial charge in [0.25, 0.3) is 0 Å². The van der Waals surface area contributed by atoms with E-state index in [9.17, 15) is 4.79 Å². The van der Waals surface area contributed by atoms with Gasteiger partial charge in [-0.3, -0.25) is 0 Å². The predicted octanol–water partition coefficient (Wildman–Crippen LogP) is 4.23. The second-order valence-corrected chi connectivity index (χ2v) is 6.39. The Labute approximate surface area is 160 Å². The molecule has 3 rings (SSSR count). The minimum Gasteiger partial charge on any atom is -0.490 e. The first kappa shape index (κ1) is 18.9. The van der Waals surface area contributed by atoms with Gasteiger partial charge in [-0.2, -0.15) is 0 Å². The molecule has 1 aliphatic heterocycles. The van der Waals surface area contributed by atoms with Gasteiger partial charge < -0.3 is 25.0 Å². The van der Waals surface area contributed by atoms with Crippen LogP contribution in [-0.4, -0.2) is 32.5 Å². The molecule has 1 fully saturated rings. The van der Waals surface area contributed by atoms with Crippen molar-refractivity contribution in [3.05, 3.63) is 48.5 Å². The Balaban J connectivity index is 1.45. The molecule has 2 aromatic carbocycles. The Morgan fingerprint density at radius 2 is 1.63 bits per heavy atom. The highest BCUT2D eigenvalue weighted by molar-refractivity contribution is 5.89. The van der Waals surface area contributed by atoms with Crippen molar-refractivity contribution in [1.29, 1.82) is 0 Å². The zero-order chi connectivity index (χ0) is 18.9. The van der Waals surface area contributed by atoms with Crippen LogP contribution in [-0.2, 0) is 0 Å². The molecule has 2 amide bonds. The van der Waals surface area contributed by atoms with Gasteiger partial charge in [-0.25, -0.2) is 4.79 Å². The number of nitrogens with one attached hydrogen (secondary N) is 2. The number of rotatable bonds is 7. The summed E-state index contributed by atoms with van der Waals surface area (Å²) in [5, 5.41) is 5.51. The molecule has 0 aromatic heterocycles. The number of carbonyl (C=O) groups excluding carboxylic acids is 1. The van der Waals surface area contributed by atoms with E-state index < -0.39 is 0 Å². The van der Waals surface area contributed by atoms with Crippen LogP contribution >= 0.6 is 0 Å². The molecular formula is C21H27N3O3. The average Bonchev–Trinajstić information content (AvgIpc) is 2.71. The first-order valence-electron chi connectivity index (χ1n) is 9.51. The van der Waals surface area contributed by atoms with Crippen LogP contribution in [0.2, 0.25) is 0 Å². The molecule has 6 heteroatoms. The molecule has 0 radical (unpaired) electrons. The van der Waals surface area contributed by atoms with Crippen molar-refractivity contribution >= 4 is 17.4 Å². The highest BCUT2D eigenvalue weighted by Crippen LogP contribution is 2.26. The topological polar surface area (TPSA) is 62.8 Å². The van der Waals surface area contributed by atoms with Crippen LogP contribution in [0.15, 0.2) is 48.5 Å². The Kier molecular flexibility index (Phi) is 6.79. The third-order valence-corrected chi connectivity index (χ3v) is 4.46. The molecule has 0 aliphatic carbocycles. The van der Waals surface area contributed by atoms with E-state index in [1.54, 1.807) is 0 Å². The Morgan fingerprint density at radius 3 is 2.30 bits per heavy atom. The zero-order valence-corrected chi connectivity index (χ0v) is 15.7. The summed E-state index contributed by atoms with van der Waals surface area (Å²) in [4.78, 5) is 14.4. The number of benzene rings is 2. The van der Waals surface area contributed by atoms with Gasteiger partial charge in [0, 0.05) is 24.5 Å². The number of anilines is 2. The Hall–Kier alpha value is -2.89. The van der Waals surface area contributed by atoms with Gasteiger partial charge in [-0.1, -0.05) is 12.1 Å². The predicted molar refractivity (Wildman–Crippen MR) is 108 cm³/mol. The maximum Gasteiger partial charge on any atom is 0.321 e. The minimum absolute atomic E-state index is 0.0573. The van der Waals surface area contributed by atoms with E-state index >= 15 is 0 Å². The molecule has 1 heterocycles. The number of piperidine rings is 1. The van der Waals surface area contributed by atoms with E-state index in [0.717, 1.165) is 18.8 Å². The van der Waals surface area contributed by atoms with Gasteiger partial charge in [-0.15, -0.1) is 0 Å². The third kappa shape index (κ3) is 5.54. The molecule has 144 valence electrons. The molecule has 1 aliphatic rings. The molecule has 27 heavy (non-hydrogen) atoms. The summed E-state index contributed by atoms with van der Waals surface area (Å²) in [6.45, 7) is 4.74. The van der Waals surface area contributed by atoms with Crippen molar-refractivity contribution in [2.45, 2.75) is 26.2 Å². The zero-order valence-electron chi connectivity index (χ0n) is 15.7. The molecule has 2 aromatic rings. The van der Waals surface area contributed by atoms with E-state index in [-0.39, 0.29) is 12.8 Å². The van der Waals surface area contributed by atoms with E-state index in [0.29, 0.717) is 18.1 Å². The van der Waals surface area contributed by atoms with Crippen LogP contribution in [0.1, 0.15) is 26.2 Å². The fourth-order valence-corrected chi connectivity index (χ4v) is 3.11. The molecule has 0 saturated carbocycles. The summed E-state index contributed by atoms with van der Waals surface area (Å²) in [5.41, 5.74) is 1.96. The Morgan fingerprint density at radius 1 is 0.963 bits per heavy atom. The normalized spacial score (nSPS) is 13.7. The molecular weight excluding hydrogens is 342 g/mol. The number of hydrogen-bond donors (Lipinski definition) is 2. The van der Waals surface area contributed by atoms with Crippen LogP contribution in [0, 0.1) is 0 Å². The van der Waals surface area contributed by atoms with E-state index in [2.05, 4.69) is 27.7 Å². The molecule has 6 nitrogen and oxygen atoms in total. The van der Waals surface area contributed by atoms with Crippen molar-refractivity contribution < 1.29 is 14.3 Å². The number of urea groups is 1. The van der Waals surface area contributed by atoms with Crippen LogP contribution in [0.25, 0.3) is 0 Å². The second kappa shape index (κ2) is 9.71. The summed E-state index contributed by atoms with van der Waals surface area (Å²) in [6, 6.07) is 15.0. The van der Waals surface area contributed by atoms with E-state index in [1.165, 1.54) is 24.9 Å². The van der Waals surface area contributed by atoms with E-state index in [1.807, 2.05) is 43.3 Å². The maximum atomic E-state index is 12.1. The monoisotopic (exact) mass is 369 g/mol. The molecule has 0 atom stereocenters. The fourth-order valence-electron chi connectivity index (χ4n) is 3.11.